The van der Waals surface area contributed by atoms with Crippen LogP contribution in [0, 0.1) is 25.7 Å². The predicted octanol–water partition coefficient (Wildman–Crippen LogP) is 0.581. The van der Waals surface area contributed by atoms with Crippen LogP contribution in [-0.2, 0) is 20.8 Å². The highest BCUT2D eigenvalue weighted by molar-refractivity contribution is 6.24. The van der Waals surface area contributed by atoms with Crippen LogP contribution in [0.5, 0.6) is 5.75 Å². The lowest BCUT2D eigenvalue weighted by Crippen LogP contribution is -2.65. The van der Waals surface area contributed by atoms with E-state index in [2.05, 4.69) is 0 Å². The zero-order valence-electron chi connectivity index (χ0n) is 18.3. The molecule has 0 aliphatic heterocycles. The first-order valence-electron chi connectivity index (χ1n) is 10.3. The average molecular weight is 442 g/mol. The van der Waals surface area contributed by atoms with Crippen LogP contribution < -0.4 is 5.73 Å². The molecule has 4 rings (SSSR count). The molecule has 9 heteroatoms. The molecule has 2 unspecified atom stereocenters. The van der Waals surface area contributed by atoms with Crippen molar-refractivity contribution in [3.63, 3.8) is 0 Å². The third kappa shape index (κ3) is 2.61. The van der Waals surface area contributed by atoms with Gasteiger partial charge in [0.25, 0.3) is 5.91 Å². The first kappa shape index (κ1) is 22.0. The topological polar surface area (TPSA) is 161 Å². The van der Waals surface area contributed by atoms with Crippen molar-refractivity contribution in [2.75, 3.05) is 14.1 Å². The van der Waals surface area contributed by atoms with Crippen molar-refractivity contribution in [3.8, 4) is 5.75 Å². The number of fused-ring (bicyclic) bond motifs is 3. The minimum atomic E-state index is -2.61. The van der Waals surface area contributed by atoms with E-state index in [1.165, 1.54) is 4.90 Å². The van der Waals surface area contributed by atoms with Crippen molar-refractivity contribution >= 4 is 23.2 Å². The van der Waals surface area contributed by atoms with Crippen LogP contribution in [0.4, 0.5) is 0 Å². The van der Waals surface area contributed by atoms with E-state index in [0.29, 0.717) is 17.5 Å². The fourth-order valence-corrected chi connectivity index (χ4v) is 5.67. The summed E-state index contributed by atoms with van der Waals surface area (Å²) in [6, 6.07) is 0.702. The van der Waals surface area contributed by atoms with Crippen molar-refractivity contribution in [2.24, 2.45) is 17.6 Å². The molecule has 4 atom stereocenters. The summed E-state index contributed by atoms with van der Waals surface area (Å²) in [6.07, 6.45) is 0.383. The number of nitrogens with zero attached hydrogens (tertiary/aromatic N) is 1. The van der Waals surface area contributed by atoms with Crippen LogP contribution in [0.3, 0.4) is 0 Å². The average Bonchev–Trinajstić information content (AvgIpc) is 2.68. The Kier molecular flexibility index (Phi) is 4.76. The summed E-state index contributed by atoms with van der Waals surface area (Å²) >= 11 is 0. The number of phenolic OH excluding ortho intramolecular Hbond substituents is 1. The minimum absolute atomic E-state index is 0.0832. The fourth-order valence-electron chi connectivity index (χ4n) is 5.67. The third-order valence-corrected chi connectivity index (χ3v) is 7.13. The molecule has 0 bridgehead atoms. The summed E-state index contributed by atoms with van der Waals surface area (Å²) in [5.41, 5.74) is 3.88. The molecule has 0 spiro atoms. The number of likely N-dealkylation sites (N-methyl/N-ethyl adjacent to an activating group) is 1. The predicted molar refractivity (Wildman–Crippen MR) is 114 cm³/mol. The Hall–Kier alpha value is -3.17. The molecule has 1 amide bonds. The summed E-state index contributed by atoms with van der Waals surface area (Å²) < 4.78 is 0. The number of primary amides is 1. The van der Waals surface area contributed by atoms with E-state index in [0.717, 1.165) is 5.56 Å². The molecule has 1 aromatic carbocycles. The van der Waals surface area contributed by atoms with E-state index in [4.69, 9.17) is 5.73 Å². The van der Waals surface area contributed by atoms with E-state index in [1.807, 2.05) is 6.92 Å². The van der Waals surface area contributed by atoms with E-state index >= 15 is 0 Å². The number of Topliss-reactive ketones (excluding diaryl/α,β-unsaturated/α-hetero) is 2. The quantitative estimate of drug-likeness (QED) is 0.416. The van der Waals surface area contributed by atoms with Gasteiger partial charge >= 0.3 is 0 Å². The van der Waals surface area contributed by atoms with Gasteiger partial charge in [-0.25, -0.2) is 0 Å². The zero-order chi connectivity index (χ0) is 23.9. The lowest BCUT2D eigenvalue weighted by Gasteiger charge is -2.50. The molecule has 6 N–H and O–H groups in total. The summed E-state index contributed by atoms with van der Waals surface area (Å²) in [6.45, 7) is 3.51. The molecular weight excluding hydrogens is 416 g/mol. The van der Waals surface area contributed by atoms with Crippen LogP contribution in [-0.4, -0.2) is 68.5 Å². The summed E-state index contributed by atoms with van der Waals surface area (Å²) in [5, 5.41) is 43.9. The van der Waals surface area contributed by atoms with Crippen molar-refractivity contribution < 1.29 is 34.8 Å². The Morgan fingerprint density at radius 2 is 1.78 bits per heavy atom. The molecule has 0 saturated heterocycles. The van der Waals surface area contributed by atoms with E-state index < -0.39 is 58.0 Å². The van der Waals surface area contributed by atoms with Gasteiger partial charge in [0.1, 0.15) is 22.8 Å². The van der Waals surface area contributed by atoms with Crippen molar-refractivity contribution in [3.05, 3.63) is 45.2 Å². The number of rotatable bonds is 2. The van der Waals surface area contributed by atoms with Gasteiger partial charge in [0.15, 0.2) is 11.4 Å². The number of hydrogen-bond donors (Lipinski definition) is 5. The van der Waals surface area contributed by atoms with Crippen LogP contribution in [0.15, 0.2) is 23.0 Å². The van der Waals surface area contributed by atoms with Gasteiger partial charge < -0.3 is 26.2 Å². The maximum Gasteiger partial charge on any atom is 0.255 e. The fraction of sp³-hybridized carbons (Fsp3) is 0.435. The van der Waals surface area contributed by atoms with Crippen LogP contribution in [0.1, 0.15) is 28.7 Å². The Balaban J connectivity index is 2.00. The minimum Gasteiger partial charge on any atom is -0.508 e. The molecule has 170 valence electrons. The van der Waals surface area contributed by atoms with Crippen LogP contribution in [0.2, 0.25) is 0 Å². The molecule has 0 heterocycles. The van der Waals surface area contributed by atoms with Gasteiger partial charge in [-0.1, -0.05) is 6.07 Å². The molecule has 3 aliphatic rings. The molecule has 1 aromatic rings. The molecule has 3 aliphatic carbocycles. The Morgan fingerprint density at radius 3 is 2.34 bits per heavy atom. The highest BCUT2D eigenvalue weighted by atomic mass is 16.3. The lowest BCUT2D eigenvalue weighted by atomic mass is 9.57. The number of aryl methyl sites for hydroxylation is 2. The summed E-state index contributed by atoms with van der Waals surface area (Å²) in [7, 11) is 3.14. The van der Waals surface area contributed by atoms with Gasteiger partial charge in [-0.3, -0.25) is 19.3 Å². The van der Waals surface area contributed by atoms with E-state index in [-0.39, 0.29) is 23.3 Å². The molecule has 0 aromatic heterocycles. The van der Waals surface area contributed by atoms with Gasteiger partial charge in [0, 0.05) is 11.5 Å². The standard InChI is InChI=1S/C23H26N2O7/c1-8-5-9(2)17(26)14-11(8)6-10-7-12-16(25(3)4)19(28)15(22(24)31)21(30)23(12,32)20(29)13(10)18(14)27/h5,10,12,16,26-27,30,32H,6-7H2,1-4H3,(H2,24,31)/t10?,12?,16-,23-/m0/s1. The summed E-state index contributed by atoms with van der Waals surface area (Å²) in [5.74, 6) is -6.37. The monoisotopic (exact) mass is 442 g/mol. The first-order valence-corrected chi connectivity index (χ1v) is 10.3. The van der Waals surface area contributed by atoms with Gasteiger partial charge in [-0.05, 0) is 63.4 Å². The molecule has 1 saturated carbocycles. The SMILES string of the molecule is Cc1cc(C)c2c(c1O)C(O)=C1C(=O)[C@]3(O)C(O)=C(C(N)=O)C(=O)[C@@H](N(C)C)C3CC1C2. The number of aliphatic hydroxyl groups excluding tert-OH is 2. The van der Waals surface area contributed by atoms with E-state index in [1.54, 1.807) is 27.1 Å². The molecule has 32 heavy (non-hydrogen) atoms. The number of benzene rings is 1. The highest BCUT2D eigenvalue weighted by Gasteiger charge is 2.64. The normalized spacial score (nSPS) is 29.8. The Labute approximate surface area is 184 Å². The molecule has 9 nitrogen and oxygen atoms in total. The Morgan fingerprint density at radius 1 is 1.16 bits per heavy atom. The smallest absolute Gasteiger partial charge is 0.255 e. The molecular formula is C23H26N2O7. The van der Waals surface area contributed by atoms with Gasteiger partial charge in [0.2, 0.25) is 5.78 Å². The number of hydrogen-bond acceptors (Lipinski definition) is 8. The second-order valence-electron chi connectivity index (χ2n) is 9.17. The highest BCUT2D eigenvalue weighted by Crippen LogP contribution is 2.53. The number of phenols is 1. The number of aliphatic hydroxyl groups is 3. The van der Waals surface area contributed by atoms with Crippen molar-refractivity contribution in [2.45, 2.75) is 38.3 Å². The largest absolute Gasteiger partial charge is 0.508 e. The first-order chi connectivity index (χ1) is 14.8. The number of amides is 1. The Bertz CT molecular complexity index is 1160. The van der Waals surface area contributed by atoms with Crippen LogP contribution >= 0.6 is 0 Å². The van der Waals surface area contributed by atoms with Gasteiger partial charge in [-0.2, -0.15) is 0 Å². The zero-order valence-corrected chi connectivity index (χ0v) is 18.3. The molecule has 1 fully saturated rings. The number of carbonyl (C=O) groups excluding carboxylic acids is 3. The third-order valence-electron chi connectivity index (χ3n) is 7.13. The maximum atomic E-state index is 13.6. The lowest BCUT2D eigenvalue weighted by molar-refractivity contribution is -0.153. The number of ketones is 2. The van der Waals surface area contributed by atoms with Crippen LogP contribution in [0.25, 0.3) is 5.76 Å². The summed E-state index contributed by atoms with van der Waals surface area (Å²) in [4.78, 5) is 40.1. The second-order valence-corrected chi connectivity index (χ2v) is 9.17. The maximum absolute atomic E-state index is 13.6. The number of aromatic hydroxyl groups is 1. The van der Waals surface area contributed by atoms with Crippen molar-refractivity contribution in [1.82, 2.24) is 4.90 Å². The number of carbonyl (C=O) groups is 3. The second kappa shape index (κ2) is 6.91. The van der Waals surface area contributed by atoms with Crippen molar-refractivity contribution in [1.29, 1.82) is 0 Å². The number of nitrogens with two attached hydrogens (primary N) is 1. The molecule has 0 radical (unpaired) electrons. The van der Waals surface area contributed by atoms with E-state index in [9.17, 15) is 34.8 Å². The van der Waals surface area contributed by atoms with Gasteiger partial charge in [0.05, 0.1) is 11.6 Å². The van der Waals surface area contributed by atoms with Gasteiger partial charge in [-0.15, -0.1) is 0 Å².